The molecule has 0 fully saturated rings. The molecule has 0 aromatic rings. The highest BCUT2D eigenvalue weighted by molar-refractivity contribution is 4.65. The van der Waals surface area contributed by atoms with Crippen LogP contribution in [0.25, 0.3) is 0 Å². The van der Waals surface area contributed by atoms with Crippen molar-refractivity contribution >= 4 is 0 Å². The van der Waals surface area contributed by atoms with E-state index in [1.807, 2.05) is 13.0 Å². The molecule has 0 aliphatic heterocycles. The van der Waals surface area contributed by atoms with E-state index in [0.29, 0.717) is 6.10 Å². The molecule has 0 N–H and O–H groups in total. The van der Waals surface area contributed by atoms with Gasteiger partial charge in [0.15, 0.2) is 0 Å². The van der Waals surface area contributed by atoms with Crippen molar-refractivity contribution in [3.8, 4) is 0 Å². The minimum Gasteiger partial charge on any atom is -0.378 e. The highest BCUT2D eigenvalue weighted by atomic mass is 16.5. The molecule has 0 aliphatic rings. The lowest BCUT2D eigenvalue weighted by atomic mass is 10.3. The van der Waals surface area contributed by atoms with Crippen molar-refractivity contribution in [1.82, 2.24) is 0 Å². The predicted molar refractivity (Wildman–Crippen MR) is 44.8 cm³/mol. The Morgan fingerprint density at radius 2 is 2.30 bits per heavy atom. The first kappa shape index (κ1) is 9.70. The molecular formula is C9H17O. The molecule has 0 spiro atoms. The summed E-state index contributed by atoms with van der Waals surface area (Å²) in [5, 5.41) is 0. The van der Waals surface area contributed by atoms with Crippen LogP contribution < -0.4 is 0 Å². The van der Waals surface area contributed by atoms with Gasteiger partial charge < -0.3 is 4.74 Å². The Bertz CT molecular complexity index is 78.8. The van der Waals surface area contributed by atoms with E-state index in [-0.39, 0.29) is 0 Å². The van der Waals surface area contributed by atoms with Gasteiger partial charge >= 0.3 is 0 Å². The van der Waals surface area contributed by atoms with Gasteiger partial charge in [0, 0.05) is 6.61 Å². The molecule has 0 aromatic carbocycles. The third kappa shape index (κ3) is 5.83. The van der Waals surface area contributed by atoms with Crippen molar-refractivity contribution in [3.05, 3.63) is 19.6 Å². The fraction of sp³-hybridized carbons (Fsp3) is 0.667. The minimum atomic E-state index is 0.310. The zero-order valence-electron chi connectivity index (χ0n) is 6.81. The Balaban J connectivity index is 2.95. The maximum atomic E-state index is 5.38. The fourth-order valence-corrected chi connectivity index (χ4v) is 0.596. The van der Waals surface area contributed by atoms with Crippen molar-refractivity contribution < 1.29 is 4.74 Å². The largest absolute Gasteiger partial charge is 0.378 e. The van der Waals surface area contributed by atoms with Gasteiger partial charge in [-0.2, -0.15) is 0 Å². The van der Waals surface area contributed by atoms with E-state index in [1.54, 1.807) is 0 Å². The van der Waals surface area contributed by atoms with E-state index in [2.05, 4.69) is 13.5 Å². The third-order valence-electron chi connectivity index (χ3n) is 1.36. The zero-order chi connectivity index (χ0) is 7.82. The van der Waals surface area contributed by atoms with Crippen molar-refractivity contribution in [3.63, 3.8) is 0 Å². The Hall–Kier alpha value is -0.300. The molecule has 0 aliphatic carbocycles. The first-order valence-corrected chi connectivity index (χ1v) is 3.83. The summed E-state index contributed by atoms with van der Waals surface area (Å²) in [6, 6.07) is 0. The van der Waals surface area contributed by atoms with E-state index < -0.39 is 0 Å². The molecule has 1 radical (unpaired) electrons. The first-order chi connectivity index (χ1) is 4.81. The number of hydrogen-bond acceptors (Lipinski definition) is 1. The van der Waals surface area contributed by atoms with Crippen molar-refractivity contribution in [1.29, 1.82) is 0 Å². The molecule has 0 aromatic heterocycles. The Kier molecular flexibility index (Phi) is 6.61. The molecule has 0 amide bonds. The third-order valence-corrected chi connectivity index (χ3v) is 1.36. The lowest BCUT2D eigenvalue weighted by molar-refractivity contribution is 0.0665. The summed E-state index contributed by atoms with van der Waals surface area (Å²) >= 11 is 0. The number of unbranched alkanes of at least 4 members (excludes halogenated alkanes) is 1. The molecule has 1 nitrogen and oxygen atoms in total. The van der Waals surface area contributed by atoms with Gasteiger partial charge in [0.05, 0.1) is 6.10 Å². The second kappa shape index (κ2) is 6.81. The summed E-state index contributed by atoms with van der Waals surface area (Å²) in [6.45, 7) is 10.2. The fourth-order valence-electron chi connectivity index (χ4n) is 0.596. The van der Waals surface area contributed by atoms with Gasteiger partial charge in [-0.25, -0.2) is 0 Å². The molecular weight excluding hydrogens is 124 g/mol. The summed E-state index contributed by atoms with van der Waals surface area (Å²) in [7, 11) is 0. The van der Waals surface area contributed by atoms with Gasteiger partial charge in [-0.3, -0.25) is 0 Å². The average Bonchev–Trinajstić information content (AvgIpc) is 1.98. The van der Waals surface area contributed by atoms with Crippen LogP contribution in [0.2, 0.25) is 0 Å². The smallest absolute Gasteiger partial charge is 0.0547 e. The number of allylic oxidation sites excluding steroid dienone is 1. The highest BCUT2D eigenvalue weighted by Crippen LogP contribution is 1.98. The van der Waals surface area contributed by atoms with Gasteiger partial charge in [-0.05, 0) is 26.2 Å². The van der Waals surface area contributed by atoms with Crippen molar-refractivity contribution in [2.75, 3.05) is 6.61 Å². The zero-order valence-corrected chi connectivity index (χ0v) is 6.81. The highest BCUT2D eigenvalue weighted by Gasteiger charge is 1.95. The SMILES string of the molecule is [CH2]CC(C)OCCCC=C. The monoisotopic (exact) mass is 141 g/mol. The lowest BCUT2D eigenvalue weighted by Crippen LogP contribution is -2.07. The number of hydrogen-bond donors (Lipinski definition) is 0. The minimum absolute atomic E-state index is 0.310. The topological polar surface area (TPSA) is 9.23 Å². The maximum Gasteiger partial charge on any atom is 0.0547 e. The van der Waals surface area contributed by atoms with Crippen molar-refractivity contribution in [2.24, 2.45) is 0 Å². The van der Waals surface area contributed by atoms with Gasteiger partial charge in [-0.1, -0.05) is 13.0 Å². The summed E-state index contributed by atoms with van der Waals surface area (Å²) in [4.78, 5) is 0. The van der Waals surface area contributed by atoms with Crippen LogP contribution in [0.15, 0.2) is 12.7 Å². The van der Waals surface area contributed by atoms with Crippen LogP contribution in [0.3, 0.4) is 0 Å². The second-order valence-corrected chi connectivity index (χ2v) is 2.40. The van der Waals surface area contributed by atoms with Crippen LogP contribution in [-0.4, -0.2) is 12.7 Å². The molecule has 1 heteroatoms. The van der Waals surface area contributed by atoms with Gasteiger partial charge in [0.1, 0.15) is 0 Å². The molecule has 1 atom stereocenters. The van der Waals surface area contributed by atoms with Crippen LogP contribution in [0.4, 0.5) is 0 Å². The second-order valence-electron chi connectivity index (χ2n) is 2.40. The molecule has 0 saturated carbocycles. The maximum absolute atomic E-state index is 5.38. The van der Waals surface area contributed by atoms with Crippen LogP contribution in [-0.2, 0) is 4.74 Å². The standard InChI is InChI=1S/C9H17O/c1-4-6-7-8-10-9(3)5-2/h4,9H,1-2,5-8H2,3H3. The van der Waals surface area contributed by atoms with Crippen LogP contribution in [0.1, 0.15) is 26.2 Å². The number of ether oxygens (including phenoxy) is 1. The molecule has 0 bridgehead atoms. The van der Waals surface area contributed by atoms with E-state index in [1.165, 1.54) is 0 Å². The van der Waals surface area contributed by atoms with Crippen LogP contribution in [0.5, 0.6) is 0 Å². The van der Waals surface area contributed by atoms with E-state index >= 15 is 0 Å². The molecule has 0 saturated heterocycles. The summed E-state index contributed by atoms with van der Waals surface area (Å²) in [6.07, 6.45) is 5.20. The van der Waals surface area contributed by atoms with E-state index in [9.17, 15) is 0 Å². The molecule has 0 heterocycles. The molecule has 10 heavy (non-hydrogen) atoms. The van der Waals surface area contributed by atoms with E-state index in [4.69, 9.17) is 4.74 Å². The van der Waals surface area contributed by atoms with E-state index in [0.717, 1.165) is 25.9 Å². The Morgan fingerprint density at radius 1 is 1.60 bits per heavy atom. The normalized spacial score (nSPS) is 13.0. The van der Waals surface area contributed by atoms with Gasteiger partial charge in [0.25, 0.3) is 0 Å². The van der Waals surface area contributed by atoms with Crippen LogP contribution in [0, 0.1) is 6.92 Å². The molecule has 59 valence electrons. The first-order valence-electron chi connectivity index (χ1n) is 3.83. The Morgan fingerprint density at radius 3 is 2.80 bits per heavy atom. The predicted octanol–water partition coefficient (Wildman–Crippen LogP) is 2.58. The summed E-state index contributed by atoms with van der Waals surface area (Å²) < 4.78 is 5.38. The molecule has 0 rings (SSSR count). The average molecular weight is 141 g/mol. The Labute approximate surface area is 64.1 Å². The summed E-state index contributed by atoms with van der Waals surface area (Å²) in [5.41, 5.74) is 0. The number of rotatable bonds is 6. The van der Waals surface area contributed by atoms with Crippen LogP contribution >= 0.6 is 0 Å². The lowest BCUT2D eigenvalue weighted by Gasteiger charge is -2.08. The van der Waals surface area contributed by atoms with Crippen molar-refractivity contribution in [2.45, 2.75) is 32.3 Å². The molecule has 1 unspecified atom stereocenters. The van der Waals surface area contributed by atoms with Gasteiger partial charge in [0.2, 0.25) is 0 Å². The summed E-state index contributed by atoms with van der Waals surface area (Å²) in [5.74, 6) is 0. The quantitative estimate of drug-likeness (QED) is 0.408. The van der Waals surface area contributed by atoms with Gasteiger partial charge in [-0.15, -0.1) is 6.58 Å².